The van der Waals surface area contributed by atoms with E-state index in [1.54, 1.807) is 0 Å². The maximum atomic E-state index is 12.6. The van der Waals surface area contributed by atoms with E-state index in [1.807, 2.05) is 6.92 Å². The molecule has 1 heterocycles. The molecule has 0 saturated heterocycles. The van der Waals surface area contributed by atoms with Crippen molar-refractivity contribution in [2.45, 2.75) is 19.6 Å². The zero-order valence-electron chi connectivity index (χ0n) is 15.0. The van der Waals surface area contributed by atoms with Crippen molar-refractivity contribution in [2.75, 3.05) is 19.6 Å². The average Bonchev–Trinajstić information content (AvgIpc) is 3.13. The highest BCUT2D eigenvalue weighted by atomic mass is 32.1. The number of thiazole rings is 1. The van der Waals surface area contributed by atoms with Gasteiger partial charge >= 0.3 is 6.18 Å². The number of halogens is 3. The second-order valence-electron chi connectivity index (χ2n) is 5.55. The molecule has 0 fully saturated rings. The van der Waals surface area contributed by atoms with E-state index >= 15 is 0 Å². The molecule has 4 N–H and O–H groups in total. The van der Waals surface area contributed by atoms with E-state index in [0.717, 1.165) is 16.7 Å². The van der Waals surface area contributed by atoms with Crippen molar-refractivity contribution in [1.29, 1.82) is 0 Å². The molecule has 0 aliphatic rings. The molecule has 1 aromatic carbocycles. The zero-order valence-corrected chi connectivity index (χ0v) is 15.8. The van der Waals surface area contributed by atoms with E-state index in [1.165, 1.54) is 24.3 Å². The van der Waals surface area contributed by atoms with E-state index in [4.69, 9.17) is 0 Å². The molecular formula is C17H20F3N5O2S. The van der Waals surface area contributed by atoms with Gasteiger partial charge < -0.3 is 21.1 Å². The summed E-state index contributed by atoms with van der Waals surface area (Å²) in [4.78, 5) is 19.7. The smallest absolute Gasteiger partial charge is 0.434 e. The van der Waals surface area contributed by atoms with Gasteiger partial charge in [-0.3, -0.25) is 4.79 Å². The molecule has 2 aromatic rings. The van der Waals surface area contributed by atoms with Crippen molar-refractivity contribution in [2.24, 2.45) is 4.99 Å². The predicted molar refractivity (Wildman–Crippen MR) is 100 cm³/mol. The maximum Gasteiger partial charge on any atom is 0.434 e. The summed E-state index contributed by atoms with van der Waals surface area (Å²) in [6.07, 6.45) is -4.46. The van der Waals surface area contributed by atoms with Crippen LogP contribution in [0.3, 0.4) is 0 Å². The number of aromatic nitrogens is 1. The number of rotatable bonds is 7. The van der Waals surface area contributed by atoms with Crippen LogP contribution in [0.15, 0.2) is 34.6 Å². The first-order valence-corrected chi connectivity index (χ1v) is 9.28. The summed E-state index contributed by atoms with van der Waals surface area (Å²) in [5.41, 5.74) is -0.500. The van der Waals surface area contributed by atoms with Gasteiger partial charge in [-0.15, -0.1) is 11.3 Å². The Morgan fingerprint density at radius 2 is 1.86 bits per heavy atom. The van der Waals surface area contributed by atoms with Gasteiger partial charge in [-0.2, -0.15) is 13.2 Å². The third kappa shape index (κ3) is 6.72. The Morgan fingerprint density at radius 3 is 2.46 bits per heavy atom. The Morgan fingerprint density at radius 1 is 1.18 bits per heavy atom. The van der Waals surface area contributed by atoms with Crippen LogP contribution in [0.4, 0.5) is 13.2 Å². The van der Waals surface area contributed by atoms with Crippen molar-refractivity contribution in [1.82, 2.24) is 20.9 Å². The van der Waals surface area contributed by atoms with Gasteiger partial charge in [-0.1, -0.05) is 0 Å². The van der Waals surface area contributed by atoms with E-state index in [0.29, 0.717) is 31.2 Å². The van der Waals surface area contributed by atoms with Crippen LogP contribution in [-0.4, -0.2) is 41.6 Å². The van der Waals surface area contributed by atoms with Gasteiger partial charge in [0.25, 0.3) is 5.91 Å². The van der Waals surface area contributed by atoms with Gasteiger partial charge in [0.2, 0.25) is 0 Å². The number of hydrogen-bond donors (Lipinski definition) is 4. The second-order valence-corrected chi connectivity index (χ2v) is 6.49. The molecule has 0 atom stereocenters. The van der Waals surface area contributed by atoms with Crippen LogP contribution in [0, 0.1) is 0 Å². The monoisotopic (exact) mass is 415 g/mol. The SMILES string of the molecule is CCNC(=NCc1nc(C(F)(F)F)cs1)NCCNC(=O)c1ccc(O)cc1. The molecule has 11 heteroatoms. The Labute approximate surface area is 163 Å². The fourth-order valence-electron chi connectivity index (χ4n) is 2.07. The largest absolute Gasteiger partial charge is 0.508 e. The van der Waals surface area contributed by atoms with Crippen molar-refractivity contribution in [3.63, 3.8) is 0 Å². The third-order valence-corrected chi connectivity index (χ3v) is 4.22. The zero-order chi connectivity index (χ0) is 20.6. The lowest BCUT2D eigenvalue weighted by Crippen LogP contribution is -2.41. The number of guanidine groups is 1. The molecule has 0 saturated carbocycles. The normalized spacial score (nSPS) is 11.9. The van der Waals surface area contributed by atoms with Crippen LogP contribution < -0.4 is 16.0 Å². The van der Waals surface area contributed by atoms with Gasteiger partial charge in [-0.05, 0) is 31.2 Å². The minimum Gasteiger partial charge on any atom is -0.508 e. The summed E-state index contributed by atoms with van der Waals surface area (Å²) >= 11 is 0.899. The molecule has 0 unspecified atom stereocenters. The second kappa shape index (κ2) is 9.93. The number of aromatic hydroxyl groups is 1. The Kier molecular flexibility index (Phi) is 7.61. The topological polar surface area (TPSA) is 98.6 Å². The summed E-state index contributed by atoms with van der Waals surface area (Å²) < 4.78 is 37.7. The first kappa shape index (κ1) is 21.5. The number of nitrogens with zero attached hydrogens (tertiary/aromatic N) is 2. The summed E-state index contributed by atoms with van der Waals surface area (Å²) in [5.74, 6) is 0.198. The number of phenolic OH excluding ortho intramolecular Hbond substituents is 1. The van der Waals surface area contributed by atoms with Crippen molar-refractivity contribution >= 4 is 23.2 Å². The highest BCUT2D eigenvalue weighted by Gasteiger charge is 2.33. The lowest BCUT2D eigenvalue weighted by Gasteiger charge is -2.11. The average molecular weight is 415 g/mol. The highest BCUT2D eigenvalue weighted by molar-refractivity contribution is 7.09. The van der Waals surface area contributed by atoms with Crippen molar-refractivity contribution in [3.05, 3.63) is 45.9 Å². The molecule has 2 rings (SSSR count). The van der Waals surface area contributed by atoms with E-state index in [-0.39, 0.29) is 23.2 Å². The maximum absolute atomic E-state index is 12.6. The molecule has 0 radical (unpaired) electrons. The van der Waals surface area contributed by atoms with E-state index in [9.17, 15) is 23.1 Å². The summed E-state index contributed by atoms with van der Waals surface area (Å²) in [5, 5.41) is 19.1. The molecule has 0 bridgehead atoms. The number of benzene rings is 1. The molecule has 7 nitrogen and oxygen atoms in total. The van der Waals surface area contributed by atoms with E-state index in [2.05, 4.69) is 25.9 Å². The molecule has 1 aromatic heterocycles. The molecule has 1 amide bonds. The fraction of sp³-hybridized carbons (Fsp3) is 0.353. The standard InChI is InChI=1S/C17H20F3N5O2S/c1-2-21-16(24-9-14-25-13(10-28-14)17(18,19)20)23-8-7-22-15(27)11-3-5-12(26)6-4-11/h3-6,10,26H,2,7-9H2,1H3,(H,22,27)(H2,21,23,24). The highest BCUT2D eigenvalue weighted by Crippen LogP contribution is 2.30. The van der Waals surface area contributed by atoms with Crippen molar-refractivity contribution in [3.8, 4) is 5.75 Å². The Hall–Kier alpha value is -2.82. The number of nitrogens with one attached hydrogen (secondary N) is 3. The predicted octanol–water partition coefficient (Wildman–Crippen LogP) is 2.35. The number of amides is 1. The minimum atomic E-state index is -4.46. The summed E-state index contributed by atoms with van der Waals surface area (Å²) in [7, 11) is 0. The lowest BCUT2D eigenvalue weighted by atomic mass is 10.2. The van der Waals surface area contributed by atoms with Crippen LogP contribution >= 0.6 is 11.3 Å². The molecule has 0 spiro atoms. The van der Waals surface area contributed by atoms with Crippen LogP contribution in [0.2, 0.25) is 0 Å². The van der Waals surface area contributed by atoms with Gasteiger partial charge in [-0.25, -0.2) is 9.98 Å². The van der Waals surface area contributed by atoms with Gasteiger partial charge in [0.1, 0.15) is 10.8 Å². The number of carbonyl (C=O) groups is 1. The molecular weight excluding hydrogens is 395 g/mol. The van der Waals surface area contributed by atoms with E-state index < -0.39 is 11.9 Å². The van der Waals surface area contributed by atoms with Gasteiger partial charge in [0.05, 0.1) is 6.54 Å². The van der Waals surface area contributed by atoms with Crippen LogP contribution in [0.5, 0.6) is 5.75 Å². The molecule has 152 valence electrons. The molecule has 28 heavy (non-hydrogen) atoms. The van der Waals surface area contributed by atoms with Gasteiger partial charge in [0.15, 0.2) is 11.7 Å². The Bertz CT molecular complexity index is 806. The number of hydrogen-bond acceptors (Lipinski definition) is 5. The van der Waals surface area contributed by atoms with Crippen LogP contribution in [0.1, 0.15) is 28.0 Å². The van der Waals surface area contributed by atoms with Crippen LogP contribution in [-0.2, 0) is 12.7 Å². The Balaban J connectivity index is 1.81. The number of aliphatic imine (C=N–C) groups is 1. The molecule has 0 aliphatic heterocycles. The fourth-order valence-corrected chi connectivity index (χ4v) is 2.80. The number of alkyl halides is 3. The third-order valence-electron chi connectivity index (χ3n) is 3.39. The number of carbonyl (C=O) groups excluding carboxylic acids is 1. The quantitative estimate of drug-likeness (QED) is 0.316. The van der Waals surface area contributed by atoms with Crippen molar-refractivity contribution < 1.29 is 23.1 Å². The van der Waals surface area contributed by atoms with Gasteiger partial charge in [0, 0.05) is 30.6 Å². The summed E-state index contributed by atoms with van der Waals surface area (Å²) in [6, 6.07) is 5.86. The minimum absolute atomic E-state index is 0.00987. The summed E-state index contributed by atoms with van der Waals surface area (Å²) in [6.45, 7) is 3.10. The van der Waals surface area contributed by atoms with Crippen LogP contribution in [0.25, 0.3) is 0 Å². The molecule has 0 aliphatic carbocycles. The first-order chi connectivity index (χ1) is 13.3. The lowest BCUT2D eigenvalue weighted by molar-refractivity contribution is -0.140. The number of phenols is 1. The first-order valence-electron chi connectivity index (χ1n) is 8.40.